The van der Waals surface area contributed by atoms with Crippen molar-refractivity contribution in [2.45, 2.75) is 46.0 Å². The van der Waals surface area contributed by atoms with Gasteiger partial charge in [-0.15, -0.1) is 0 Å². The predicted molar refractivity (Wildman–Crippen MR) is 147 cm³/mol. The number of methoxy groups -OCH3 is 1. The van der Waals surface area contributed by atoms with Crippen molar-refractivity contribution < 1.29 is 14.3 Å². The summed E-state index contributed by atoms with van der Waals surface area (Å²) in [6.45, 7) is 8.64. The molecule has 2 N–H and O–H groups in total. The number of hydrogen-bond acceptors (Lipinski definition) is 4. The number of hydrogen-bond donors (Lipinski definition) is 2. The molecular formula is C27H34BrN5O3. The summed E-state index contributed by atoms with van der Waals surface area (Å²) in [4.78, 5) is 27.6. The smallest absolute Gasteiger partial charge is 0.322 e. The van der Waals surface area contributed by atoms with Crippen LogP contribution in [-0.2, 0) is 10.2 Å². The first-order chi connectivity index (χ1) is 17.1. The number of anilines is 2. The molecule has 1 aromatic heterocycles. The number of nitrogens with zero attached hydrogens (tertiary/aromatic N) is 3. The van der Waals surface area contributed by atoms with Crippen LogP contribution in [0.15, 0.2) is 59.1 Å². The number of nitrogens with one attached hydrogen (secondary N) is 2. The zero-order chi connectivity index (χ0) is 26.3. The molecule has 9 heteroatoms. The molecule has 8 nitrogen and oxygen atoms in total. The van der Waals surface area contributed by atoms with Gasteiger partial charge in [0.15, 0.2) is 0 Å². The number of rotatable bonds is 9. The summed E-state index contributed by atoms with van der Waals surface area (Å²) >= 11 is 3.39. The number of benzene rings is 2. The van der Waals surface area contributed by atoms with Crippen LogP contribution in [0.2, 0.25) is 0 Å². The molecule has 0 spiro atoms. The van der Waals surface area contributed by atoms with E-state index >= 15 is 0 Å². The second-order valence-electron chi connectivity index (χ2n) is 9.53. The Kier molecular flexibility index (Phi) is 9.14. The highest BCUT2D eigenvalue weighted by molar-refractivity contribution is 9.10. The van der Waals surface area contributed by atoms with Crippen molar-refractivity contribution >= 4 is 39.4 Å². The summed E-state index contributed by atoms with van der Waals surface area (Å²) in [6.07, 6.45) is 1.70. The molecule has 0 fully saturated rings. The SMILES string of the molecule is CCCCN(CC(=O)Nc1cc(C(C)(C)C)nn1-c1ccc(OC)cc1)C(=O)Nc1ccc(Br)cc1. The Balaban J connectivity index is 1.80. The lowest BCUT2D eigenvalue weighted by atomic mass is 9.92. The molecule has 2 aromatic carbocycles. The topological polar surface area (TPSA) is 88.5 Å². The molecule has 1 heterocycles. The quantitative estimate of drug-likeness (QED) is 0.328. The van der Waals surface area contributed by atoms with Crippen LogP contribution in [0.1, 0.15) is 46.2 Å². The number of halogens is 1. The molecular weight excluding hydrogens is 522 g/mol. The van der Waals surface area contributed by atoms with Crippen molar-refractivity contribution in [1.29, 1.82) is 0 Å². The Labute approximate surface area is 221 Å². The van der Waals surface area contributed by atoms with Gasteiger partial charge in [-0.05, 0) is 55.0 Å². The maximum absolute atomic E-state index is 13.1. The molecule has 3 amide bonds. The van der Waals surface area contributed by atoms with Crippen LogP contribution in [0.25, 0.3) is 5.69 Å². The van der Waals surface area contributed by atoms with E-state index in [1.807, 2.05) is 61.5 Å². The van der Waals surface area contributed by atoms with Crippen molar-refractivity contribution in [3.8, 4) is 11.4 Å². The fraction of sp³-hybridized carbons (Fsp3) is 0.370. The predicted octanol–water partition coefficient (Wildman–Crippen LogP) is 6.21. The van der Waals surface area contributed by atoms with Gasteiger partial charge in [-0.2, -0.15) is 5.10 Å². The molecule has 0 atom stereocenters. The largest absolute Gasteiger partial charge is 0.497 e. The van der Waals surface area contributed by atoms with Crippen LogP contribution in [0.3, 0.4) is 0 Å². The Bertz CT molecular complexity index is 1170. The Morgan fingerprint density at radius 3 is 2.31 bits per heavy atom. The van der Waals surface area contributed by atoms with E-state index in [-0.39, 0.29) is 23.9 Å². The zero-order valence-corrected chi connectivity index (χ0v) is 23.1. The average molecular weight is 557 g/mol. The van der Waals surface area contributed by atoms with Gasteiger partial charge in [-0.3, -0.25) is 4.79 Å². The number of carbonyl (C=O) groups excluding carboxylic acids is 2. The van der Waals surface area contributed by atoms with Gasteiger partial charge in [0.1, 0.15) is 18.1 Å². The van der Waals surface area contributed by atoms with Crippen molar-refractivity contribution in [3.63, 3.8) is 0 Å². The fourth-order valence-electron chi connectivity index (χ4n) is 3.45. The molecule has 0 aliphatic rings. The van der Waals surface area contributed by atoms with E-state index in [2.05, 4.69) is 47.3 Å². The number of unbranched alkanes of at least 4 members (excludes halogenated alkanes) is 1. The number of aromatic nitrogens is 2. The Morgan fingerprint density at radius 2 is 1.72 bits per heavy atom. The highest BCUT2D eigenvalue weighted by Gasteiger charge is 2.23. The molecule has 0 bridgehead atoms. The minimum atomic E-state index is -0.319. The second-order valence-corrected chi connectivity index (χ2v) is 10.5. The van der Waals surface area contributed by atoms with E-state index in [4.69, 9.17) is 9.84 Å². The molecule has 36 heavy (non-hydrogen) atoms. The van der Waals surface area contributed by atoms with Gasteiger partial charge in [-0.1, -0.05) is 50.0 Å². The fourth-order valence-corrected chi connectivity index (χ4v) is 3.71. The molecule has 0 saturated carbocycles. The Hall–Kier alpha value is -3.33. The van der Waals surface area contributed by atoms with Gasteiger partial charge in [-0.25, -0.2) is 9.48 Å². The number of amides is 3. The third-order valence-electron chi connectivity index (χ3n) is 5.56. The molecule has 0 unspecified atom stereocenters. The minimum absolute atomic E-state index is 0.0823. The van der Waals surface area contributed by atoms with Crippen molar-refractivity contribution in [1.82, 2.24) is 14.7 Å². The van der Waals surface area contributed by atoms with E-state index < -0.39 is 0 Å². The van der Waals surface area contributed by atoms with Crippen LogP contribution in [0.4, 0.5) is 16.3 Å². The summed E-state index contributed by atoms with van der Waals surface area (Å²) in [7, 11) is 1.61. The van der Waals surface area contributed by atoms with Gasteiger partial charge in [0.2, 0.25) is 5.91 Å². The maximum atomic E-state index is 13.1. The lowest BCUT2D eigenvalue weighted by Crippen LogP contribution is -2.41. The van der Waals surface area contributed by atoms with E-state index in [0.717, 1.165) is 34.4 Å². The van der Waals surface area contributed by atoms with E-state index in [1.165, 1.54) is 4.90 Å². The third kappa shape index (κ3) is 7.34. The van der Waals surface area contributed by atoms with Crippen LogP contribution in [0.5, 0.6) is 5.75 Å². The summed E-state index contributed by atoms with van der Waals surface area (Å²) in [5.74, 6) is 0.974. The molecule has 192 valence electrons. The van der Waals surface area contributed by atoms with Crippen molar-refractivity contribution in [2.75, 3.05) is 30.8 Å². The number of ether oxygens (including phenoxy) is 1. The summed E-state index contributed by atoms with van der Waals surface area (Å²) < 4.78 is 7.89. The molecule has 0 radical (unpaired) electrons. The van der Waals surface area contributed by atoms with Gasteiger partial charge in [0, 0.05) is 28.2 Å². The van der Waals surface area contributed by atoms with Gasteiger partial charge in [0.25, 0.3) is 0 Å². The first-order valence-electron chi connectivity index (χ1n) is 12.0. The van der Waals surface area contributed by atoms with E-state index in [1.54, 1.807) is 11.8 Å². The molecule has 3 rings (SSSR count). The number of urea groups is 1. The molecule has 3 aromatic rings. The second kappa shape index (κ2) is 12.1. The van der Waals surface area contributed by atoms with E-state index in [0.29, 0.717) is 18.1 Å². The van der Waals surface area contributed by atoms with Crippen LogP contribution >= 0.6 is 15.9 Å². The van der Waals surface area contributed by atoms with E-state index in [9.17, 15) is 9.59 Å². The summed E-state index contributed by atoms with van der Waals surface area (Å²) in [5.41, 5.74) is 2.08. The molecule has 0 aliphatic heterocycles. The van der Waals surface area contributed by atoms with Crippen LogP contribution in [-0.4, -0.2) is 46.8 Å². The standard InChI is InChI=1S/C27H34BrN5O3/c1-6-7-16-32(26(35)29-20-10-8-19(28)9-11-20)18-25(34)30-24-17-23(27(2,3)4)31-33(24)21-12-14-22(36-5)15-13-21/h8-15,17H,6-7,16,18H2,1-5H3,(H,29,35)(H,30,34). The van der Waals surface area contributed by atoms with Crippen LogP contribution in [0, 0.1) is 0 Å². The summed E-state index contributed by atoms with van der Waals surface area (Å²) in [6, 6.07) is 16.3. The van der Waals surface area contributed by atoms with Crippen LogP contribution < -0.4 is 15.4 Å². The normalized spacial score (nSPS) is 11.2. The lowest BCUT2D eigenvalue weighted by molar-refractivity contribution is -0.116. The molecule has 0 aliphatic carbocycles. The van der Waals surface area contributed by atoms with Gasteiger partial charge in [0.05, 0.1) is 18.5 Å². The van der Waals surface area contributed by atoms with Gasteiger partial charge >= 0.3 is 6.03 Å². The zero-order valence-electron chi connectivity index (χ0n) is 21.5. The Morgan fingerprint density at radius 1 is 1.06 bits per heavy atom. The first-order valence-corrected chi connectivity index (χ1v) is 12.8. The van der Waals surface area contributed by atoms with Gasteiger partial charge < -0.3 is 20.3 Å². The highest BCUT2D eigenvalue weighted by Crippen LogP contribution is 2.27. The number of carbonyl (C=O) groups is 2. The molecule has 0 saturated heterocycles. The minimum Gasteiger partial charge on any atom is -0.497 e. The maximum Gasteiger partial charge on any atom is 0.322 e. The van der Waals surface area contributed by atoms with Crippen molar-refractivity contribution in [3.05, 3.63) is 64.8 Å². The average Bonchev–Trinajstić information content (AvgIpc) is 3.27. The monoisotopic (exact) mass is 555 g/mol. The van der Waals surface area contributed by atoms with Crippen molar-refractivity contribution in [2.24, 2.45) is 0 Å². The lowest BCUT2D eigenvalue weighted by Gasteiger charge is -2.22. The first kappa shape index (κ1) is 27.3. The third-order valence-corrected chi connectivity index (χ3v) is 6.09. The highest BCUT2D eigenvalue weighted by atomic mass is 79.9. The summed E-state index contributed by atoms with van der Waals surface area (Å²) in [5, 5.41) is 10.6.